The van der Waals surface area contributed by atoms with Crippen LogP contribution in [0.2, 0.25) is 0 Å². The van der Waals surface area contributed by atoms with Crippen molar-refractivity contribution in [2.45, 2.75) is 19.5 Å². The molecule has 0 aliphatic carbocycles. The average molecular weight is 334 g/mol. The molecule has 2 aromatic carbocycles. The fourth-order valence-corrected chi connectivity index (χ4v) is 2.86. The minimum absolute atomic E-state index is 0.297. The Morgan fingerprint density at radius 1 is 1.20 bits per heavy atom. The Balaban J connectivity index is 1.68. The predicted octanol–water partition coefficient (Wildman–Crippen LogP) is 4.03. The molecule has 4 heteroatoms. The zero-order chi connectivity index (χ0) is 13.9. The van der Waals surface area contributed by atoms with E-state index < -0.39 is 0 Å². The van der Waals surface area contributed by atoms with E-state index in [2.05, 4.69) is 58.5 Å². The first kappa shape index (κ1) is 13.5. The fraction of sp³-hybridized carbons (Fsp3) is 0.250. The molecular formula is C16H16BrNO2. The van der Waals surface area contributed by atoms with E-state index in [4.69, 9.17) is 9.47 Å². The van der Waals surface area contributed by atoms with Crippen LogP contribution >= 0.6 is 15.9 Å². The van der Waals surface area contributed by atoms with Crippen molar-refractivity contribution in [1.29, 1.82) is 0 Å². The molecule has 3 nitrogen and oxygen atoms in total. The molecule has 0 saturated carbocycles. The molecule has 0 spiro atoms. The SMILES string of the molecule is C[C@@H](NCc1cc(Br)c2c(c1)OCO2)c1ccccc1. The molecule has 0 amide bonds. The molecule has 0 bridgehead atoms. The highest BCUT2D eigenvalue weighted by atomic mass is 79.9. The quantitative estimate of drug-likeness (QED) is 0.916. The van der Waals surface area contributed by atoms with E-state index in [1.807, 2.05) is 12.1 Å². The molecule has 1 aliphatic heterocycles. The lowest BCUT2D eigenvalue weighted by Gasteiger charge is -2.14. The summed E-state index contributed by atoms with van der Waals surface area (Å²) in [6.45, 7) is 3.24. The summed E-state index contributed by atoms with van der Waals surface area (Å²) in [5, 5.41) is 3.52. The Bertz CT molecular complexity index is 601. The molecule has 3 rings (SSSR count). The Labute approximate surface area is 127 Å². The van der Waals surface area contributed by atoms with Crippen molar-refractivity contribution in [3.05, 3.63) is 58.1 Å². The highest BCUT2D eigenvalue weighted by Crippen LogP contribution is 2.40. The first-order valence-corrected chi connectivity index (χ1v) is 7.39. The standard InChI is InChI=1S/C16H16BrNO2/c1-11(13-5-3-2-4-6-13)18-9-12-7-14(17)16-15(8-12)19-10-20-16/h2-8,11,18H,9-10H2,1H3/t11-/m1/s1. The molecule has 20 heavy (non-hydrogen) atoms. The summed E-state index contributed by atoms with van der Waals surface area (Å²) in [7, 11) is 0. The van der Waals surface area contributed by atoms with Gasteiger partial charge in [-0.05, 0) is 46.1 Å². The van der Waals surface area contributed by atoms with Gasteiger partial charge >= 0.3 is 0 Å². The number of halogens is 1. The van der Waals surface area contributed by atoms with Crippen LogP contribution in [0.1, 0.15) is 24.1 Å². The van der Waals surface area contributed by atoms with E-state index in [0.717, 1.165) is 22.5 Å². The van der Waals surface area contributed by atoms with Crippen molar-refractivity contribution in [2.75, 3.05) is 6.79 Å². The minimum Gasteiger partial charge on any atom is -0.454 e. The number of nitrogens with one attached hydrogen (secondary N) is 1. The van der Waals surface area contributed by atoms with Crippen LogP contribution in [-0.4, -0.2) is 6.79 Å². The zero-order valence-corrected chi connectivity index (χ0v) is 12.8. The maximum atomic E-state index is 5.43. The Hall–Kier alpha value is -1.52. The van der Waals surface area contributed by atoms with Gasteiger partial charge in [0.25, 0.3) is 0 Å². The number of benzene rings is 2. The fourth-order valence-electron chi connectivity index (χ4n) is 2.25. The molecule has 1 N–H and O–H groups in total. The topological polar surface area (TPSA) is 30.5 Å². The second-order valence-corrected chi connectivity index (χ2v) is 5.68. The van der Waals surface area contributed by atoms with Gasteiger partial charge in [-0.3, -0.25) is 0 Å². The van der Waals surface area contributed by atoms with Gasteiger partial charge < -0.3 is 14.8 Å². The molecule has 104 valence electrons. The van der Waals surface area contributed by atoms with Gasteiger partial charge in [-0.1, -0.05) is 30.3 Å². The van der Waals surface area contributed by atoms with Gasteiger partial charge in [0.1, 0.15) is 0 Å². The summed E-state index contributed by atoms with van der Waals surface area (Å²) >= 11 is 3.52. The molecule has 1 heterocycles. The van der Waals surface area contributed by atoms with E-state index in [1.54, 1.807) is 0 Å². The first-order chi connectivity index (χ1) is 9.74. The molecule has 1 atom stereocenters. The second kappa shape index (κ2) is 5.85. The first-order valence-electron chi connectivity index (χ1n) is 6.60. The van der Waals surface area contributed by atoms with Crippen molar-refractivity contribution < 1.29 is 9.47 Å². The minimum atomic E-state index is 0.297. The van der Waals surface area contributed by atoms with Crippen molar-refractivity contribution >= 4 is 15.9 Å². The van der Waals surface area contributed by atoms with Crippen LogP contribution in [0, 0.1) is 0 Å². The molecule has 0 fully saturated rings. The van der Waals surface area contributed by atoms with E-state index in [0.29, 0.717) is 12.8 Å². The lowest BCUT2D eigenvalue weighted by molar-refractivity contribution is 0.173. The maximum absolute atomic E-state index is 5.43. The molecule has 2 aromatic rings. The predicted molar refractivity (Wildman–Crippen MR) is 82.0 cm³/mol. The second-order valence-electron chi connectivity index (χ2n) is 4.82. The molecule has 0 unspecified atom stereocenters. The number of rotatable bonds is 4. The normalized spacial score (nSPS) is 14.3. The largest absolute Gasteiger partial charge is 0.454 e. The lowest BCUT2D eigenvalue weighted by Crippen LogP contribution is -2.17. The number of fused-ring (bicyclic) bond motifs is 1. The molecule has 1 aliphatic rings. The van der Waals surface area contributed by atoms with Crippen LogP contribution in [0.3, 0.4) is 0 Å². The smallest absolute Gasteiger partial charge is 0.231 e. The Morgan fingerprint density at radius 2 is 2.00 bits per heavy atom. The van der Waals surface area contributed by atoms with Crippen LogP contribution in [0.15, 0.2) is 46.9 Å². The number of ether oxygens (including phenoxy) is 2. The van der Waals surface area contributed by atoms with Crippen LogP contribution in [0.25, 0.3) is 0 Å². The van der Waals surface area contributed by atoms with E-state index in [1.165, 1.54) is 11.1 Å². The van der Waals surface area contributed by atoms with Crippen LogP contribution in [0.4, 0.5) is 0 Å². The average Bonchev–Trinajstić information content (AvgIpc) is 2.94. The third-order valence-electron chi connectivity index (χ3n) is 3.40. The van der Waals surface area contributed by atoms with Crippen molar-refractivity contribution in [3.8, 4) is 11.5 Å². The summed E-state index contributed by atoms with van der Waals surface area (Å²) in [4.78, 5) is 0. The highest BCUT2D eigenvalue weighted by Gasteiger charge is 2.18. The number of hydrogen-bond acceptors (Lipinski definition) is 3. The van der Waals surface area contributed by atoms with Gasteiger partial charge in [0.2, 0.25) is 6.79 Å². The van der Waals surface area contributed by atoms with E-state index in [9.17, 15) is 0 Å². The third-order valence-corrected chi connectivity index (χ3v) is 3.99. The van der Waals surface area contributed by atoms with Gasteiger partial charge in [0.05, 0.1) is 4.47 Å². The van der Waals surface area contributed by atoms with Crippen molar-refractivity contribution in [1.82, 2.24) is 5.32 Å². The molecular weight excluding hydrogens is 318 g/mol. The maximum Gasteiger partial charge on any atom is 0.231 e. The summed E-state index contributed by atoms with van der Waals surface area (Å²) in [5.41, 5.74) is 2.45. The van der Waals surface area contributed by atoms with E-state index >= 15 is 0 Å². The lowest BCUT2D eigenvalue weighted by atomic mass is 10.1. The van der Waals surface area contributed by atoms with Crippen LogP contribution < -0.4 is 14.8 Å². The number of hydrogen-bond donors (Lipinski definition) is 1. The molecule has 0 saturated heterocycles. The summed E-state index contributed by atoms with van der Waals surface area (Å²) in [5.74, 6) is 1.60. The van der Waals surface area contributed by atoms with E-state index in [-0.39, 0.29) is 0 Å². The monoisotopic (exact) mass is 333 g/mol. The van der Waals surface area contributed by atoms with Gasteiger partial charge in [0.15, 0.2) is 11.5 Å². The van der Waals surface area contributed by atoms with Gasteiger partial charge in [0, 0.05) is 12.6 Å². The Kier molecular flexibility index (Phi) is 3.94. The van der Waals surface area contributed by atoms with Crippen LogP contribution in [-0.2, 0) is 6.54 Å². The van der Waals surface area contributed by atoms with Crippen molar-refractivity contribution in [2.24, 2.45) is 0 Å². The zero-order valence-electron chi connectivity index (χ0n) is 11.2. The van der Waals surface area contributed by atoms with Gasteiger partial charge in [-0.25, -0.2) is 0 Å². The summed E-state index contributed by atoms with van der Waals surface area (Å²) in [6, 6.07) is 14.8. The van der Waals surface area contributed by atoms with Crippen molar-refractivity contribution in [3.63, 3.8) is 0 Å². The van der Waals surface area contributed by atoms with Crippen LogP contribution in [0.5, 0.6) is 11.5 Å². The third kappa shape index (κ3) is 2.81. The van der Waals surface area contributed by atoms with Gasteiger partial charge in [-0.2, -0.15) is 0 Å². The molecule has 0 aromatic heterocycles. The van der Waals surface area contributed by atoms with Gasteiger partial charge in [-0.15, -0.1) is 0 Å². The molecule has 0 radical (unpaired) electrons. The summed E-state index contributed by atoms with van der Waals surface area (Å²) in [6.07, 6.45) is 0. The summed E-state index contributed by atoms with van der Waals surface area (Å²) < 4.78 is 11.8. The highest BCUT2D eigenvalue weighted by molar-refractivity contribution is 9.10. The Morgan fingerprint density at radius 3 is 2.80 bits per heavy atom.